The summed E-state index contributed by atoms with van der Waals surface area (Å²) < 4.78 is 25.0. The van der Waals surface area contributed by atoms with Gasteiger partial charge in [-0.2, -0.15) is 0 Å². The molecule has 108 valence electrons. The van der Waals surface area contributed by atoms with Crippen LogP contribution in [0.4, 0.5) is 0 Å². The summed E-state index contributed by atoms with van der Waals surface area (Å²) in [6.07, 6.45) is 2.45. The lowest BCUT2D eigenvalue weighted by atomic mass is 9.86. The van der Waals surface area contributed by atoms with Crippen LogP contribution in [-0.4, -0.2) is 19.2 Å². The van der Waals surface area contributed by atoms with E-state index >= 15 is 0 Å². The number of hydrogen-bond acceptors (Lipinski definition) is 3. The van der Waals surface area contributed by atoms with Gasteiger partial charge in [0, 0.05) is 24.9 Å². The van der Waals surface area contributed by atoms with Crippen molar-refractivity contribution in [3.8, 4) is 0 Å². The minimum atomic E-state index is -3.52. The van der Waals surface area contributed by atoms with Gasteiger partial charge < -0.3 is 4.57 Å². The van der Waals surface area contributed by atoms with E-state index in [0.717, 1.165) is 17.3 Å². The van der Waals surface area contributed by atoms with E-state index in [1.807, 2.05) is 12.1 Å². The van der Waals surface area contributed by atoms with Crippen LogP contribution >= 0.6 is 0 Å². The molecule has 0 aliphatic carbocycles. The van der Waals surface area contributed by atoms with Gasteiger partial charge in [0.25, 0.3) is 0 Å². The normalized spacial score (nSPS) is 12.8. The van der Waals surface area contributed by atoms with Gasteiger partial charge in [0.05, 0.1) is 5.52 Å². The highest BCUT2D eigenvalue weighted by atomic mass is 32.2. The van der Waals surface area contributed by atoms with E-state index in [1.165, 1.54) is 6.20 Å². The zero-order valence-electron chi connectivity index (χ0n) is 12.4. The van der Waals surface area contributed by atoms with Crippen LogP contribution in [-0.2, 0) is 22.3 Å². The summed E-state index contributed by atoms with van der Waals surface area (Å²) in [4.78, 5) is 12.1. The fourth-order valence-corrected chi connectivity index (χ4v) is 2.98. The molecule has 0 aliphatic heterocycles. The Balaban J connectivity index is 2.90. The predicted octanol–water partition coefficient (Wildman–Crippen LogP) is 2.24. The Morgan fingerprint density at radius 1 is 1.15 bits per heavy atom. The second-order valence-electron chi connectivity index (χ2n) is 6.19. The molecule has 0 unspecified atom stereocenters. The number of sulfone groups is 1. The van der Waals surface area contributed by atoms with E-state index in [1.54, 1.807) is 17.7 Å². The van der Waals surface area contributed by atoms with Crippen LogP contribution in [0.1, 0.15) is 26.3 Å². The van der Waals surface area contributed by atoms with Crippen molar-refractivity contribution in [1.29, 1.82) is 0 Å². The van der Waals surface area contributed by atoms with Crippen molar-refractivity contribution >= 4 is 20.7 Å². The minimum absolute atomic E-state index is 0.0280. The van der Waals surface area contributed by atoms with Crippen LogP contribution in [0.3, 0.4) is 0 Å². The molecule has 0 atom stereocenters. The Morgan fingerprint density at radius 3 is 2.25 bits per heavy atom. The summed E-state index contributed by atoms with van der Waals surface area (Å²) in [7, 11) is -1.77. The van der Waals surface area contributed by atoms with Crippen molar-refractivity contribution in [2.75, 3.05) is 6.26 Å². The SMILES string of the molecule is Cn1cc(S(C)(=O)=O)c(=O)c2ccc(C(C)(C)C)cc21. The standard InChI is InChI=1S/C15H19NO3S/c1-15(2,3)10-6-7-11-12(8-10)16(4)9-13(14(11)17)20(5,18)19/h6-9H,1-5H3. The third kappa shape index (κ3) is 2.50. The molecule has 0 saturated heterocycles. The van der Waals surface area contributed by atoms with E-state index in [-0.39, 0.29) is 10.3 Å². The topological polar surface area (TPSA) is 56.1 Å². The average Bonchev–Trinajstić information content (AvgIpc) is 2.30. The van der Waals surface area contributed by atoms with E-state index in [2.05, 4.69) is 20.8 Å². The molecule has 0 radical (unpaired) electrons. The fourth-order valence-electron chi connectivity index (χ4n) is 2.18. The van der Waals surface area contributed by atoms with Crippen molar-refractivity contribution < 1.29 is 8.42 Å². The smallest absolute Gasteiger partial charge is 0.208 e. The Kier molecular flexibility index (Phi) is 3.29. The molecule has 0 N–H and O–H groups in total. The van der Waals surface area contributed by atoms with Gasteiger partial charge in [-0.05, 0) is 23.1 Å². The first kappa shape index (κ1) is 14.8. The van der Waals surface area contributed by atoms with Gasteiger partial charge in [0.2, 0.25) is 5.43 Å². The Morgan fingerprint density at radius 2 is 1.75 bits per heavy atom. The number of fused-ring (bicyclic) bond motifs is 1. The van der Waals surface area contributed by atoms with Gasteiger partial charge >= 0.3 is 0 Å². The van der Waals surface area contributed by atoms with Crippen LogP contribution in [0.25, 0.3) is 10.9 Å². The zero-order chi connectivity index (χ0) is 15.3. The first-order valence-electron chi connectivity index (χ1n) is 6.36. The molecule has 4 nitrogen and oxygen atoms in total. The minimum Gasteiger partial charge on any atom is -0.349 e. The molecule has 1 aromatic heterocycles. The highest BCUT2D eigenvalue weighted by Gasteiger charge is 2.19. The summed E-state index contributed by atoms with van der Waals surface area (Å²) >= 11 is 0. The number of pyridine rings is 1. The number of nitrogens with zero attached hydrogens (tertiary/aromatic N) is 1. The van der Waals surface area contributed by atoms with Gasteiger partial charge in [-0.15, -0.1) is 0 Å². The van der Waals surface area contributed by atoms with Crippen LogP contribution in [0.15, 0.2) is 34.1 Å². The maximum Gasteiger partial charge on any atom is 0.208 e. The molecule has 0 spiro atoms. The number of rotatable bonds is 1. The third-order valence-corrected chi connectivity index (χ3v) is 4.51. The first-order valence-corrected chi connectivity index (χ1v) is 8.25. The molecule has 0 bridgehead atoms. The molecule has 2 rings (SSSR count). The predicted molar refractivity (Wildman–Crippen MR) is 81.0 cm³/mol. The number of hydrogen-bond donors (Lipinski definition) is 0. The second kappa shape index (κ2) is 4.45. The Bertz CT molecular complexity index is 840. The summed E-state index contributed by atoms with van der Waals surface area (Å²) in [5.74, 6) is 0. The molecule has 0 saturated carbocycles. The van der Waals surface area contributed by atoms with Crippen LogP contribution in [0.2, 0.25) is 0 Å². The monoisotopic (exact) mass is 293 g/mol. The van der Waals surface area contributed by atoms with E-state index < -0.39 is 15.3 Å². The average molecular weight is 293 g/mol. The summed E-state index contributed by atoms with van der Waals surface area (Å²) in [6.45, 7) is 6.28. The van der Waals surface area contributed by atoms with E-state index in [4.69, 9.17) is 0 Å². The lowest BCUT2D eigenvalue weighted by Crippen LogP contribution is -2.18. The molecule has 1 heterocycles. The van der Waals surface area contributed by atoms with Gasteiger partial charge in [-0.1, -0.05) is 26.8 Å². The van der Waals surface area contributed by atoms with Gasteiger partial charge in [-0.3, -0.25) is 4.79 Å². The highest BCUT2D eigenvalue weighted by Crippen LogP contribution is 2.25. The van der Waals surface area contributed by atoms with E-state index in [9.17, 15) is 13.2 Å². The van der Waals surface area contributed by atoms with Crippen molar-refractivity contribution in [3.63, 3.8) is 0 Å². The molecule has 0 fully saturated rings. The summed E-state index contributed by atoms with van der Waals surface area (Å²) in [5.41, 5.74) is 1.39. The van der Waals surface area contributed by atoms with Gasteiger partial charge in [0.1, 0.15) is 4.90 Å². The van der Waals surface area contributed by atoms with Crippen LogP contribution in [0.5, 0.6) is 0 Å². The first-order chi connectivity index (χ1) is 9.01. The summed E-state index contributed by atoms with van der Waals surface area (Å²) in [6, 6.07) is 5.55. The molecule has 5 heteroatoms. The van der Waals surface area contributed by atoms with Crippen molar-refractivity contribution in [2.45, 2.75) is 31.1 Å². The molecule has 0 aliphatic rings. The second-order valence-corrected chi connectivity index (χ2v) is 8.17. The zero-order valence-corrected chi connectivity index (χ0v) is 13.2. The van der Waals surface area contributed by atoms with Crippen LogP contribution in [0, 0.1) is 0 Å². The third-order valence-electron chi connectivity index (χ3n) is 3.42. The number of aryl methyl sites for hydroxylation is 1. The molecular formula is C15H19NO3S. The van der Waals surface area contributed by atoms with Crippen molar-refractivity contribution in [2.24, 2.45) is 7.05 Å². The van der Waals surface area contributed by atoms with Gasteiger partial charge in [0.15, 0.2) is 9.84 Å². The quantitative estimate of drug-likeness (QED) is 0.810. The van der Waals surface area contributed by atoms with E-state index in [0.29, 0.717) is 5.39 Å². The molecule has 1 aromatic carbocycles. The fraction of sp³-hybridized carbons (Fsp3) is 0.400. The van der Waals surface area contributed by atoms with Gasteiger partial charge in [-0.25, -0.2) is 8.42 Å². The lowest BCUT2D eigenvalue weighted by Gasteiger charge is -2.20. The highest BCUT2D eigenvalue weighted by molar-refractivity contribution is 7.90. The van der Waals surface area contributed by atoms with Crippen molar-refractivity contribution in [3.05, 3.63) is 40.2 Å². The number of aromatic nitrogens is 1. The van der Waals surface area contributed by atoms with Crippen molar-refractivity contribution in [1.82, 2.24) is 4.57 Å². The molecule has 20 heavy (non-hydrogen) atoms. The molecule has 0 amide bonds. The summed E-state index contributed by atoms with van der Waals surface area (Å²) in [5, 5.41) is 0.434. The Labute approximate surface area is 119 Å². The van der Waals surface area contributed by atoms with Crippen LogP contribution < -0.4 is 5.43 Å². The molecule has 2 aromatic rings. The lowest BCUT2D eigenvalue weighted by molar-refractivity contribution is 0.590. The number of benzene rings is 1. The molecular weight excluding hydrogens is 274 g/mol. The Hall–Kier alpha value is -1.62. The largest absolute Gasteiger partial charge is 0.349 e. The maximum atomic E-state index is 12.3. The maximum absolute atomic E-state index is 12.3.